The van der Waals surface area contributed by atoms with E-state index in [4.69, 9.17) is 15.2 Å². The number of ether oxygens (including phenoxy) is 2. The average molecular weight is 246 g/mol. The Hall–Kier alpha value is -1.94. The maximum atomic E-state index is 5.88. The third-order valence-electron chi connectivity index (χ3n) is 3.05. The second-order valence-electron chi connectivity index (χ2n) is 4.02. The van der Waals surface area contributed by atoms with E-state index in [1.807, 2.05) is 36.5 Å². The molecule has 0 amide bonds. The number of hydrogen-bond acceptors (Lipinski definition) is 3. The molecule has 0 aliphatic carbocycles. The maximum absolute atomic E-state index is 5.88. The number of benzene rings is 1. The van der Waals surface area contributed by atoms with Gasteiger partial charge < -0.3 is 20.2 Å². The number of H-pyrrole nitrogens is 1. The zero-order valence-electron chi connectivity index (χ0n) is 10.6. The summed E-state index contributed by atoms with van der Waals surface area (Å²) in [5, 5.41) is 0. The van der Waals surface area contributed by atoms with Gasteiger partial charge in [0, 0.05) is 36.0 Å². The van der Waals surface area contributed by atoms with Gasteiger partial charge in [0.05, 0.1) is 14.2 Å². The third-order valence-corrected chi connectivity index (χ3v) is 3.05. The van der Waals surface area contributed by atoms with Crippen molar-refractivity contribution in [2.75, 3.05) is 20.8 Å². The Bertz CT molecular complexity index is 495. The van der Waals surface area contributed by atoms with Crippen LogP contribution in [0, 0.1) is 0 Å². The highest BCUT2D eigenvalue weighted by Gasteiger charge is 2.18. The van der Waals surface area contributed by atoms with Gasteiger partial charge in [-0.3, -0.25) is 0 Å². The lowest BCUT2D eigenvalue weighted by Gasteiger charge is -2.18. The molecule has 0 saturated heterocycles. The van der Waals surface area contributed by atoms with E-state index < -0.39 is 0 Å². The summed E-state index contributed by atoms with van der Waals surface area (Å²) >= 11 is 0. The lowest BCUT2D eigenvalue weighted by Crippen LogP contribution is -2.15. The van der Waals surface area contributed by atoms with E-state index in [9.17, 15) is 0 Å². The normalized spacial score (nSPS) is 12.2. The van der Waals surface area contributed by atoms with Gasteiger partial charge in [-0.2, -0.15) is 0 Å². The van der Waals surface area contributed by atoms with Crippen LogP contribution in [0.4, 0.5) is 0 Å². The molecule has 1 aromatic carbocycles. The Morgan fingerprint density at radius 1 is 1.22 bits per heavy atom. The number of methoxy groups -OCH3 is 2. The molecule has 1 unspecified atom stereocenters. The van der Waals surface area contributed by atoms with Crippen LogP contribution in [0.1, 0.15) is 17.2 Å². The molecule has 4 heteroatoms. The lowest BCUT2D eigenvalue weighted by molar-refractivity contribution is 0.389. The van der Waals surface area contributed by atoms with E-state index in [1.165, 1.54) is 0 Å². The third kappa shape index (κ3) is 2.33. The van der Waals surface area contributed by atoms with Crippen molar-refractivity contribution >= 4 is 0 Å². The van der Waals surface area contributed by atoms with Crippen LogP contribution >= 0.6 is 0 Å². The van der Waals surface area contributed by atoms with Crippen LogP contribution in [0.5, 0.6) is 11.5 Å². The summed E-state index contributed by atoms with van der Waals surface area (Å²) in [6.07, 6.45) is 1.90. The highest BCUT2D eigenvalue weighted by Crippen LogP contribution is 2.33. The van der Waals surface area contributed by atoms with Crippen LogP contribution in [-0.2, 0) is 0 Å². The molecule has 1 heterocycles. The molecular weight excluding hydrogens is 228 g/mol. The predicted molar refractivity (Wildman–Crippen MR) is 71.2 cm³/mol. The van der Waals surface area contributed by atoms with Crippen LogP contribution in [0.15, 0.2) is 36.5 Å². The summed E-state index contributed by atoms with van der Waals surface area (Å²) in [4.78, 5) is 3.20. The number of hydrogen-bond donors (Lipinski definition) is 2. The molecule has 0 aliphatic heterocycles. The van der Waals surface area contributed by atoms with Crippen LogP contribution in [-0.4, -0.2) is 25.7 Å². The number of nitrogens with two attached hydrogens (primary N) is 1. The smallest absolute Gasteiger partial charge is 0.126 e. The topological polar surface area (TPSA) is 60.3 Å². The van der Waals surface area contributed by atoms with Crippen molar-refractivity contribution in [1.29, 1.82) is 0 Å². The predicted octanol–water partition coefficient (Wildman–Crippen LogP) is 2.12. The van der Waals surface area contributed by atoms with E-state index in [1.54, 1.807) is 14.2 Å². The van der Waals surface area contributed by atoms with Crippen molar-refractivity contribution in [3.8, 4) is 11.5 Å². The van der Waals surface area contributed by atoms with Crippen molar-refractivity contribution in [2.45, 2.75) is 5.92 Å². The number of aromatic amines is 1. The zero-order chi connectivity index (χ0) is 13.0. The summed E-state index contributed by atoms with van der Waals surface area (Å²) in [7, 11) is 3.29. The maximum Gasteiger partial charge on any atom is 0.126 e. The molecule has 0 bridgehead atoms. The summed E-state index contributed by atoms with van der Waals surface area (Å²) in [5.74, 6) is 1.66. The Balaban J connectivity index is 2.42. The minimum absolute atomic E-state index is 0.0980. The first-order chi connectivity index (χ1) is 8.80. The minimum atomic E-state index is 0.0980. The van der Waals surface area contributed by atoms with E-state index in [2.05, 4.69) is 4.98 Å². The number of rotatable bonds is 5. The van der Waals surface area contributed by atoms with Gasteiger partial charge in [-0.15, -0.1) is 0 Å². The first-order valence-corrected chi connectivity index (χ1v) is 5.85. The first-order valence-electron chi connectivity index (χ1n) is 5.85. The van der Waals surface area contributed by atoms with E-state index >= 15 is 0 Å². The van der Waals surface area contributed by atoms with E-state index in [0.717, 1.165) is 22.8 Å². The molecule has 4 nitrogen and oxygen atoms in total. The fourth-order valence-corrected chi connectivity index (χ4v) is 2.09. The van der Waals surface area contributed by atoms with E-state index in [-0.39, 0.29) is 5.92 Å². The lowest BCUT2D eigenvalue weighted by atomic mass is 9.95. The number of aromatic nitrogens is 1. The van der Waals surface area contributed by atoms with Gasteiger partial charge in [-0.05, 0) is 18.2 Å². The second kappa shape index (κ2) is 5.60. The van der Waals surface area contributed by atoms with Gasteiger partial charge in [0.1, 0.15) is 11.5 Å². The minimum Gasteiger partial charge on any atom is -0.497 e. The summed E-state index contributed by atoms with van der Waals surface area (Å²) in [5.41, 5.74) is 8.03. The average Bonchev–Trinajstić information content (AvgIpc) is 2.94. The van der Waals surface area contributed by atoms with Crippen LogP contribution in [0.3, 0.4) is 0 Å². The fourth-order valence-electron chi connectivity index (χ4n) is 2.09. The Morgan fingerprint density at radius 3 is 2.61 bits per heavy atom. The standard InChI is InChI=1S/C14H18N2O2/c1-17-10-5-6-11(14(8-10)18-2)12(9-15)13-4-3-7-16-13/h3-8,12,16H,9,15H2,1-2H3. The Kier molecular flexibility index (Phi) is 3.89. The van der Waals surface area contributed by atoms with Crippen molar-refractivity contribution in [2.24, 2.45) is 5.73 Å². The fraction of sp³-hybridized carbons (Fsp3) is 0.286. The molecule has 2 aromatic rings. The molecule has 0 radical (unpaired) electrons. The first kappa shape index (κ1) is 12.5. The molecule has 18 heavy (non-hydrogen) atoms. The molecule has 2 rings (SSSR count). The van der Waals surface area contributed by atoms with Gasteiger partial charge in [-0.1, -0.05) is 6.07 Å². The van der Waals surface area contributed by atoms with Crippen molar-refractivity contribution < 1.29 is 9.47 Å². The molecule has 1 atom stereocenters. The molecule has 0 spiro atoms. The molecule has 0 aliphatic rings. The Morgan fingerprint density at radius 2 is 2.06 bits per heavy atom. The van der Waals surface area contributed by atoms with Crippen molar-refractivity contribution in [3.63, 3.8) is 0 Å². The Labute approximate surface area is 107 Å². The molecular formula is C14H18N2O2. The SMILES string of the molecule is COc1ccc(C(CN)c2ccc[nH]2)c(OC)c1. The monoisotopic (exact) mass is 246 g/mol. The molecule has 0 saturated carbocycles. The molecule has 3 N–H and O–H groups in total. The summed E-state index contributed by atoms with van der Waals surface area (Å²) in [6, 6.07) is 9.79. The molecule has 0 fully saturated rings. The van der Waals surface area contributed by atoms with Crippen LogP contribution in [0.25, 0.3) is 0 Å². The van der Waals surface area contributed by atoms with Gasteiger partial charge in [0.25, 0.3) is 0 Å². The molecule has 1 aromatic heterocycles. The summed E-state index contributed by atoms with van der Waals surface area (Å²) in [6.45, 7) is 0.517. The van der Waals surface area contributed by atoms with Gasteiger partial charge in [0.15, 0.2) is 0 Å². The second-order valence-corrected chi connectivity index (χ2v) is 4.02. The van der Waals surface area contributed by atoms with Gasteiger partial charge in [0.2, 0.25) is 0 Å². The number of nitrogens with one attached hydrogen (secondary N) is 1. The van der Waals surface area contributed by atoms with E-state index in [0.29, 0.717) is 6.54 Å². The quantitative estimate of drug-likeness (QED) is 0.849. The van der Waals surface area contributed by atoms with Crippen molar-refractivity contribution in [3.05, 3.63) is 47.8 Å². The van der Waals surface area contributed by atoms with Crippen molar-refractivity contribution in [1.82, 2.24) is 4.98 Å². The molecule has 96 valence electrons. The highest BCUT2D eigenvalue weighted by molar-refractivity contribution is 5.45. The van der Waals surface area contributed by atoms with Gasteiger partial charge in [-0.25, -0.2) is 0 Å². The van der Waals surface area contributed by atoms with Crippen LogP contribution in [0.2, 0.25) is 0 Å². The van der Waals surface area contributed by atoms with Crippen LogP contribution < -0.4 is 15.2 Å². The zero-order valence-corrected chi connectivity index (χ0v) is 10.6. The van der Waals surface area contributed by atoms with Gasteiger partial charge >= 0.3 is 0 Å². The summed E-state index contributed by atoms with van der Waals surface area (Å²) < 4.78 is 10.6. The highest BCUT2D eigenvalue weighted by atomic mass is 16.5. The largest absolute Gasteiger partial charge is 0.497 e.